The molecule has 9 aromatic carbocycles. The number of hydrogen-bond acceptors (Lipinski definition) is 9. The lowest BCUT2D eigenvalue weighted by molar-refractivity contribution is 0.450. The van der Waals surface area contributed by atoms with Crippen LogP contribution in [0.3, 0.4) is 0 Å². The van der Waals surface area contributed by atoms with E-state index in [9.17, 15) is 46.0 Å². The topological polar surface area (TPSA) is 182 Å². The maximum Gasteiger partial charge on any atom is 0.122 e. The summed E-state index contributed by atoms with van der Waals surface area (Å²) >= 11 is 0. The predicted octanol–water partition coefficient (Wildman–Crippen LogP) is 23.3. The highest BCUT2D eigenvalue weighted by molar-refractivity contribution is 5.63. The zero-order valence-electron chi connectivity index (χ0n) is 70.3. The van der Waals surface area contributed by atoms with E-state index in [2.05, 4.69) is 187 Å². The molecule has 0 spiro atoms. The van der Waals surface area contributed by atoms with Gasteiger partial charge in [0.05, 0.1) is 0 Å². The summed E-state index contributed by atoms with van der Waals surface area (Å²) in [6.45, 7) is 57.8. The monoisotopic (exact) mass is 1460 g/mol. The number of aromatic hydroxyl groups is 9. The van der Waals surface area contributed by atoms with Gasteiger partial charge in [-0.05, 0) is 199 Å². The lowest BCUT2D eigenvalue weighted by Crippen LogP contribution is -2.15. The Labute approximate surface area is 646 Å². The summed E-state index contributed by atoms with van der Waals surface area (Å²) in [6.07, 6.45) is 1.46. The molecule has 0 fully saturated rings. The number of phenols is 9. The van der Waals surface area contributed by atoms with Gasteiger partial charge in [-0.3, -0.25) is 0 Å². The van der Waals surface area contributed by atoms with Crippen LogP contribution in [-0.2, 0) is 107 Å². The molecule has 9 N–H and O–H groups in total. The quantitative estimate of drug-likeness (QED) is 0.0714. The van der Waals surface area contributed by atoms with Crippen molar-refractivity contribution < 1.29 is 46.0 Å². The molecule has 1 aliphatic rings. The number of hydrogen-bond donors (Lipinski definition) is 9. The summed E-state index contributed by atoms with van der Waals surface area (Å²) < 4.78 is 0. The predicted molar refractivity (Wildman–Crippen MR) is 447 cm³/mol. The summed E-state index contributed by atoms with van der Waals surface area (Å²) in [4.78, 5) is 0. The van der Waals surface area contributed by atoms with E-state index >= 15 is 0 Å². The SMILES string of the molecule is CC(C)(C)c1cc2c(O)c(c1)Cc1cc(C(C)(C)C)cc(c1O)Cc1cc(C(C)(C)C)cc(c1O)Cc1cc(C(C)(C)C)cc(c1O)Cc1cc(C(C)(C)C)cc(c1O)Cc1cc(C(C)(C)C)cc(c1O)Cc1cc(C(C)(C)C)cc(c1O)Cc1cc(C(C)(C)C)cc(c1O)Cc1cc(C(C)(C)C)cc(c1O)C2. The van der Waals surface area contributed by atoms with Crippen molar-refractivity contribution in [1.29, 1.82) is 0 Å². The highest BCUT2D eigenvalue weighted by Crippen LogP contribution is 2.48. The van der Waals surface area contributed by atoms with Gasteiger partial charge in [-0.15, -0.1) is 0 Å². The van der Waals surface area contributed by atoms with E-state index in [1.807, 2.05) is 109 Å². The third-order valence-electron chi connectivity index (χ3n) is 22.6. The van der Waals surface area contributed by atoms with Crippen LogP contribution < -0.4 is 0 Å². The average molecular weight is 1460 g/mol. The number of benzene rings is 9. The van der Waals surface area contributed by atoms with Gasteiger partial charge >= 0.3 is 0 Å². The normalized spacial score (nSPS) is 14.2. The molecular formula is C99H126O9. The Morgan fingerprint density at radius 1 is 0.130 bits per heavy atom. The van der Waals surface area contributed by atoms with E-state index in [0.29, 0.717) is 100 Å². The van der Waals surface area contributed by atoms with E-state index in [1.54, 1.807) is 0 Å². The first-order chi connectivity index (χ1) is 49.3. The van der Waals surface area contributed by atoms with Crippen LogP contribution in [0.2, 0.25) is 0 Å². The van der Waals surface area contributed by atoms with E-state index < -0.39 is 0 Å². The Balaban J connectivity index is 1.25. The highest BCUT2D eigenvalue weighted by Gasteiger charge is 2.33. The molecule has 108 heavy (non-hydrogen) atoms. The van der Waals surface area contributed by atoms with Crippen LogP contribution in [0.5, 0.6) is 51.7 Å². The lowest BCUT2D eigenvalue weighted by Gasteiger charge is -2.27. The van der Waals surface area contributed by atoms with Crippen molar-refractivity contribution in [2.45, 2.75) is 293 Å². The van der Waals surface area contributed by atoms with Crippen molar-refractivity contribution in [3.8, 4) is 51.7 Å². The van der Waals surface area contributed by atoms with Crippen LogP contribution >= 0.6 is 0 Å². The second-order valence-electron chi connectivity index (χ2n) is 41.1. The Kier molecular flexibility index (Phi) is 21.6. The summed E-state index contributed by atoms with van der Waals surface area (Å²) in [5.41, 5.74) is 16.2. The summed E-state index contributed by atoms with van der Waals surface area (Å²) in [5, 5.41) is 116. The fourth-order valence-electron chi connectivity index (χ4n) is 15.0. The smallest absolute Gasteiger partial charge is 0.122 e. The Hall–Kier alpha value is -8.82. The largest absolute Gasteiger partial charge is 0.507 e. The summed E-state index contributed by atoms with van der Waals surface area (Å²) in [7, 11) is 0. The molecule has 0 radical (unpaired) electrons. The molecule has 9 aromatic rings. The molecule has 0 aliphatic heterocycles. The third kappa shape index (κ3) is 17.7. The van der Waals surface area contributed by atoms with E-state index in [0.717, 1.165) is 50.1 Å². The Morgan fingerprint density at radius 3 is 0.231 bits per heavy atom. The molecule has 9 nitrogen and oxygen atoms in total. The Morgan fingerprint density at radius 2 is 0.185 bits per heavy atom. The van der Waals surface area contributed by atoms with E-state index in [1.165, 1.54) is 0 Å². The summed E-state index contributed by atoms with van der Waals surface area (Å²) in [5.74, 6) is 0.497. The summed E-state index contributed by atoms with van der Waals surface area (Å²) in [6, 6.07) is 36.6. The van der Waals surface area contributed by atoms with Crippen LogP contribution in [-0.4, -0.2) is 46.0 Å². The standard InChI is InChI=1S/C99H126O9/c1-91(2,3)73-37-55-28-57-39-74(92(4,5)6)41-59(83(57)101)30-61-43-76(94(10,11)12)45-63(85(61)103)32-65-47-78(96(16,17)18)49-67(87(65)105)34-69-51-80(98(22,23)24)53-71(89(69)107)36-72-54-81(99(25,26)27)52-70(90(72)108)35-68-50-79(97(19,20)21)48-66(88(68)106)33-64-46-77(95(13,14)15)44-62(86(64)104)31-60-42-75(93(7,8)9)40-58(84(60)102)29-56(38-73)82(55)100/h37-54,100-108H,28-36H2,1-27H3. The van der Waals surface area contributed by atoms with E-state index in [4.69, 9.17) is 0 Å². The van der Waals surface area contributed by atoms with Gasteiger partial charge in [-0.2, -0.15) is 0 Å². The maximum atomic E-state index is 12.9. The zero-order chi connectivity index (χ0) is 80.4. The fourth-order valence-corrected chi connectivity index (χ4v) is 15.0. The molecule has 0 saturated heterocycles. The molecule has 0 saturated carbocycles. The minimum atomic E-state index is -0.388. The van der Waals surface area contributed by atoms with Gasteiger partial charge in [0.25, 0.3) is 0 Å². The zero-order valence-corrected chi connectivity index (χ0v) is 70.3. The van der Waals surface area contributed by atoms with Crippen molar-refractivity contribution in [3.63, 3.8) is 0 Å². The first kappa shape index (κ1) is 81.7. The molecule has 576 valence electrons. The molecule has 9 heteroatoms. The first-order valence-electron chi connectivity index (χ1n) is 39.0. The minimum absolute atomic E-state index is 0.0552. The fraction of sp³-hybridized carbons (Fsp3) is 0.455. The molecule has 0 amide bonds. The van der Waals surface area contributed by atoms with Crippen LogP contribution in [0.15, 0.2) is 109 Å². The van der Waals surface area contributed by atoms with Gasteiger partial charge in [0.1, 0.15) is 51.7 Å². The molecule has 0 atom stereocenters. The van der Waals surface area contributed by atoms with Crippen LogP contribution in [0.25, 0.3) is 0 Å². The molecule has 10 rings (SSSR count). The molecule has 0 aromatic heterocycles. The van der Waals surface area contributed by atoms with Crippen molar-refractivity contribution in [2.24, 2.45) is 0 Å². The van der Waals surface area contributed by atoms with Crippen LogP contribution in [0, 0.1) is 0 Å². The second kappa shape index (κ2) is 28.6. The minimum Gasteiger partial charge on any atom is -0.507 e. The van der Waals surface area contributed by atoms with Gasteiger partial charge in [0.15, 0.2) is 0 Å². The van der Waals surface area contributed by atoms with Gasteiger partial charge in [0.2, 0.25) is 0 Å². The van der Waals surface area contributed by atoms with Gasteiger partial charge < -0.3 is 46.0 Å². The van der Waals surface area contributed by atoms with Gasteiger partial charge in [0, 0.05) is 57.8 Å². The molecule has 1 aliphatic carbocycles. The number of rotatable bonds is 0. The van der Waals surface area contributed by atoms with Crippen molar-refractivity contribution in [2.75, 3.05) is 0 Å². The van der Waals surface area contributed by atoms with Crippen molar-refractivity contribution in [3.05, 3.63) is 259 Å². The first-order valence-corrected chi connectivity index (χ1v) is 39.0. The average Bonchev–Trinajstić information content (AvgIpc) is 0.777. The highest BCUT2D eigenvalue weighted by atomic mass is 16.3. The van der Waals surface area contributed by atoms with Gasteiger partial charge in [-0.1, -0.05) is 296 Å². The second-order valence-corrected chi connectivity index (χ2v) is 41.1. The number of fused-ring (bicyclic) bond motifs is 18. The molecule has 18 bridgehead atoms. The van der Waals surface area contributed by atoms with Crippen molar-refractivity contribution in [1.82, 2.24) is 0 Å². The molecular weight excluding hydrogens is 1330 g/mol. The van der Waals surface area contributed by atoms with E-state index in [-0.39, 0.29) is 158 Å². The van der Waals surface area contributed by atoms with Gasteiger partial charge in [-0.25, -0.2) is 0 Å². The molecule has 0 unspecified atom stereocenters. The van der Waals surface area contributed by atoms with Crippen LogP contribution in [0.4, 0.5) is 0 Å². The lowest BCUT2D eigenvalue weighted by atomic mass is 9.79. The number of phenolic OH excluding ortho intramolecular Hbond substituents is 9. The van der Waals surface area contributed by atoms with Crippen LogP contribution in [0.1, 0.15) is 337 Å². The Bertz CT molecular complexity index is 3770. The third-order valence-corrected chi connectivity index (χ3v) is 22.6. The maximum absolute atomic E-state index is 12.9. The molecule has 0 heterocycles. The van der Waals surface area contributed by atoms with Crippen molar-refractivity contribution >= 4 is 0 Å².